The van der Waals surface area contributed by atoms with Crippen molar-refractivity contribution in [2.45, 2.75) is 20.2 Å². The van der Waals surface area contributed by atoms with E-state index in [9.17, 15) is 20.3 Å². The van der Waals surface area contributed by atoms with Gasteiger partial charge in [0.1, 0.15) is 11.6 Å². The Kier molecular flexibility index (Phi) is 10.5. The maximum absolute atomic E-state index is 12.3. The number of benzene rings is 2. The van der Waals surface area contributed by atoms with Crippen LogP contribution in [0.4, 0.5) is 0 Å². The van der Waals surface area contributed by atoms with Crippen LogP contribution in [0.3, 0.4) is 0 Å². The zero-order valence-electron chi connectivity index (χ0n) is 17.4. The number of carbonyl (C=O) groups excluding carboxylic acids is 1. The minimum atomic E-state index is -0.555. The lowest BCUT2D eigenvalue weighted by Crippen LogP contribution is -2.23. The van der Waals surface area contributed by atoms with E-state index in [-0.39, 0.29) is 23.6 Å². The number of aromatic hydroxyl groups is 2. The highest BCUT2D eigenvalue weighted by atomic mass is 32.2. The van der Waals surface area contributed by atoms with Gasteiger partial charge in [-0.25, -0.2) is 0 Å². The van der Waals surface area contributed by atoms with Crippen molar-refractivity contribution < 1.29 is 23.4 Å². The first-order valence-corrected chi connectivity index (χ1v) is 11.0. The minimum absolute atomic E-state index is 0.0771. The van der Waals surface area contributed by atoms with Crippen LogP contribution >= 0.6 is 23.8 Å². The number of hydrogen-bond acceptors (Lipinski definition) is 8. The Bertz CT molecular complexity index is 1040. The first kappa shape index (κ1) is 25.2. The second-order valence-corrected chi connectivity index (χ2v) is 7.75. The second-order valence-electron chi connectivity index (χ2n) is 6.09. The van der Waals surface area contributed by atoms with E-state index >= 15 is 0 Å². The topological polar surface area (TPSA) is 112 Å². The molecule has 0 aliphatic rings. The Balaban J connectivity index is 2.06. The van der Waals surface area contributed by atoms with Crippen molar-refractivity contribution in [3.63, 3.8) is 0 Å². The van der Waals surface area contributed by atoms with Crippen LogP contribution in [-0.4, -0.2) is 29.2 Å². The van der Waals surface area contributed by atoms with Crippen molar-refractivity contribution in [1.82, 2.24) is 5.32 Å². The molecule has 0 unspecified atom stereocenters. The van der Waals surface area contributed by atoms with Crippen molar-refractivity contribution in [2.75, 3.05) is 0 Å². The third-order valence-electron chi connectivity index (χ3n) is 3.85. The van der Waals surface area contributed by atoms with Gasteiger partial charge in [-0.15, -0.1) is 0 Å². The first-order chi connectivity index (χ1) is 15.5. The van der Waals surface area contributed by atoms with Gasteiger partial charge in [0.25, 0.3) is 5.91 Å². The number of nitrogens with one attached hydrogen (secondary N) is 1. The first-order valence-electron chi connectivity index (χ1n) is 9.42. The van der Waals surface area contributed by atoms with Crippen molar-refractivity contribution in [3.05, 3.63) is 65.3 Å². The summed E-state index contributed by atoms with van der Waals surface area (Å²) >= 11 is 2.36. The Morgan fingerprint density at radius 3 is 2.47 bits per heavy atom. The standard InChI is InChI=1S/C21H20B2N2O5S2/c1-22-31-29-19-9-7-14(11-20(19)30-32-23-2)4-3-5-16(12-24)21(28)25-13-15-6-8-17(26)18(27)10-15/h3-11,26-27H,13H2,1-2H3,(H,25,28)/b4-3+,16-5+. The van der Waals surface area contributed by atoms with Crippen LogP contribution in [0, 0.1) is 11.3 Å². The van der Waals surface area contributed by atoms with Gasteiger partial charge in [-0.05, 0) is 65.3 Å². The molecule has 3 N–H and O–H groups in total. The van der Waals surface area contributed by atoms with Crippen LogP contribution in [-0.2, 0) is 11.3 Å². The lowest BCUT2D eigenvalue weighted by atomic mass is 10.1. The number of carbonyl (C=O) groups is 1. The summed E-state index contributed by atoms with van der Waals surface area (Å²) in [6, 6.07) is 11.5. The number of phenolic OH excluding ortho intramolecular Hbond substituents is 2. The fraction of sp³-hybridized carbons (Fsp3) is 0.143. The third-order valence-corrected chi connectivity index (χ3v) is 4.78. The molecule has 0 aliphatic heterocycles. The summed E-state index contributed by atoms with van der Waals surface area (Å²) in [6.07, 6.45) is 4.74. The smallest absolute Gasteiger partial charge is 0.262 e. The summed E-state index contributed by atoms with van der Waals surface area (Å²) in [7, 11) is 0. The molecule has 0 aliphatic carbocycles. The number of hydrogen-bond donors (Lipinski definition) is 3. The van der Waals surface area contributed by atoms with Crippen molar-refractivity contribution in [1.29, 1.82) is 5.26 Å². The van der Waals surface area contributed by atoms with Gasteiger partial charge in [0.15, 0.2) is 23.0 Å². The number of amides is 1. The van der Waals surface area contributed by atoms with E-state index in [4.69, 9.17) is 8.37 Å². The molecule has 2 aromatic carbocycles. The van der Waals surface area contributed by atoms with Gasteiger partial charge in [0, 0.05) is 6.54 Å². The van der Waals surface area contributed by atoms with E-state index in [1.807, 2.05) is 25.8 Å². The highest BCUT2D eigenvalue weighted by molar-refractivity contribution is 8.19. The average molecular weight is 466 g/mol. The summed E-state index contributed by atoms with van der Waals surface area (Å²) in [4.78, 5) is 12.3. The molecule has 0 heterocycles. The summed E-state index contributed by atoms with van der Waals surface area (Å²) in [5.74, 6) is 0.0404. The Hall–Kier alpha value is -3.09. The van der Waals surface area contributed by atoms with Crippen LogP contribution in [0.1, 0.15) is 11.1 Å². The normalized spacial score (nSPS) is 11.0. The van der Waals surface area contributed by atoms with Crippen molar-refractivity contribution >= 4 is 48.9 Å². The van der Waals surface area contributed by atoms with Crippen LogP contribution in [0.25, 0.3) is 6.08 Å². The fourth-order valence-electron chi connectivity index (χ4n) is 2.34. The molecule has 2 rings (SSSR count). The van der Waals surface area contributed by atoms with Gasteiger partial charge in [-0.3, -0.25) is 4.79 Å². The van der Waals surface area contributed by atoms with Crippen LogP contribution < -0.4 is 13.7 Å². The number of phenols is 2. The van der Waals surface area contributed by atoms with Gasteiger partial charge in [-0.1, -0.05) is 37.9 Å². The van der Waals surface area contributed by atoms with E-state index in [1.54, 1.807) is 43.5 Å². The van der Waals surface area contributed by atoms with E-state index in [2.05, 4.69) is 5.32 Å². The van der Waals surface area contributed by atoms with Crippen molar-refractivity contribution in [2.24, 2.45) is 0 Å². The monoisotopic (exact) mass is 466 g/mol. The summed E-state index contributed by atoms with van der Waals surface area (Å²) in [6.45, 7) is 7.41. The third kappa shape index (κ3) is 7.87. The number of nitrogens with zero attached hydrogens (tertiary/aromatic N) is 1. The van der Waals surface area contributed by atoms with Gasteiger partial charge in [0.05, 0.1) is 0 Å². The van der Waals surface area contributed by atoms with Crippen LogP contribution in [0.15, 0.2) is 54.1 Å². The minimum Gasteiger partial charge on any atom is -0.504 e. The molecule has 7 nitrogen and oxygen atoms in total. The summed E-state index contributed by atoms with van der Waals surface area (Å²) in [5, 5.41) is 30.7. The second kappa shape index (κ2) is 13.3. The fourth-order valence-corrected chi connectivity index (χ4v) is 3.01. The van der Waals surface area contributed by atoms with E-state index in [1.165, 1.54) is 42.0 Å². The predicted octanol–water partition coefficient (Wildman–Crippen LogP) is 4.27. The quantitative estimate of drug-likeness (QED) is 0.113. The van der Waals surface area contributed by atoms with Crippen LogP contribution in [0.5, 0.6) is 23.0 Å². The Labute approximate surface area is 197 Å². The average Bonchev–Trinajstić information content (AvgIpc) is 2.80. The molecule has 2 radical (unpaired) electrons. The maximum Gasteiger partial charge on any atom is 0.262 e. The van der Waals surface area contributed by atoms with E-state index in [0.29, 0.717) is 17.1 Å². The molecular formula is C21H20B2N2O5S2. The molecule has 1 amide bonds. The molecule has 11 heteroatoms. The molecule has 0 atom stereocenters. The molecule has 0 fully saturated rings. The molecule has 0 saturated carbocycles. The van der Waals surface area contributed by atoms with Crippen LogP contribution in [0.2, 0.25) is 13.6 Å². The van der Waals surface area contributed by atoms with Gasteiger partial charge in [0.2, 0.25) is 13.1 Å². The highest BCUT2D eigenvalue weighted by Crippen LogP contribution is 2.33. The molecule has 0 saturated heterocycles. The van der Waals surface area contributed by atoms with Gasteiger partial charge < -0.3 is 23.9 Å². The molecule has 0 aromatic heterocycles. The van der Waals surface area contributed by atoms with Gasteiger partial charge in [-0.2, -0.15) is 5.26 Å². The zero-order chi connectivity index (χ0) is 23.3. The summed E-state index contributed by atoms with van der Waals surface area (Å²) < 4.78 is 11.2. The number of rotatable bonds is 11. The molecule has 0 bridgehead atoms. The largest absolute Gasteiger partial charge is 0.504 e. The zero-order valence-corrected chi connectivity index (χ0v) is 19.1. The molecule has 0 spiro atoms. The maximum atomic E-state index is 12.3. The number of allylic oxidation sites excluding steroid dienone is 2. The molecule has 2 aromatic rings. The predicted molar refractivity (Wildman–Crippen MR) is 130 cm³/mol. The Morgan fingerprint density at radius 2 is 1.81 bits per heavy atom. The lowest BCUT2D eigenvalue weighted by Gasteiger charge is -2.10. The SMILES string of the molecule is C[B]SOc1ccc(/C=C/C=C(\C#N)C(=O)NCc2ccc(O)c(O)c2)cc1OS[B]C. The number of nitriles is 1. The van der Waals surface area contributed by atoms with Gasteiger partial charge >= 0.3 is 0 Å². The van der Waals surface area contributed by atoms with Crippen molar-refractivity contribution in [3.8, 4) is 29.1 Å². The highest BCUT2D eigenvalue weighted by Gasteiger charge is 2.09. The molecule has 162 valence electrons. The van der Waals surface area contributed by atoms with E-state index < -0.39 is 5.91 Å². The van der Waals surface area contributed by atoms with E-state index in [0.717, 1.165) is 5.56 Å². The molecule has 32 heavy (non-hydrogen) atoms. The summed E-state index contributed by atoms with van der Waals surface area (Å²) in [5.41, 5.74) is 1.30. The molecular weight excluding hydrogens is 446 g/mol. The Morgan fingerprint density at radius 1 is 1.09 bits per heavy atom. The lowest BCUT2D eigenvalue weighted by molar-refractivity contribution is -0.117.